The van der Waals surface area contributed by atoms with Crippen molar-refractivity contribution in [2.24, 2.45) is 0 Å². The molecule has 0 aliphatic rings. The largest absolute Gasteiger partial charge is 0.480 e. The number of hydrogen-bond acceptors (Lipinski definition) is 2. The number of nitrogens with zero attached hydrogens (tertiary/aromatic N) is 1. The van der Waals surface area contributed by atoms with E-state index in [9.17, 15) is 9.90 Å². The molecule has 0 aromatic heterocycles. The van der Waals surface area contributed by atoms with E-state index in [4.69, 9.17) is 0 Å². The van der Waals surface area contributed by atoms with Crippen LogP contribution in [0.1, 0.15) is 30.5 Å². The molecular formula is C15H23NO2. The van der Waals surface area contributed by atoms with Crippen molar-refractivity contribution in [3.8, 4) is 0 Å². The monoisotopic (exact) mass is 249 g/mol. The van der Waals surface area contributed by atoms with Crippen molar-refractivity contribution in [3.05, 3.63) is 34.9 Å². The summed E-state index contributed by atoms with van der Waals surface area (Å²) >= 11 is 0. The van der Waals surface area contributed by atoms with E-state index >= 15 is 0 Å². The van der Waals surface area contributed by atoms with Crippen molar-refractivity contribution in [2.45, 2.75) is 40.2 Å². The third-order valence-corrected chi connectivity index (χ3v) is 3.46. The molecule has 0 heterocycles. The molecule has 1 atom stereocenters. The molecule has 3 nitrogen and oxygen atoms in total. The van der Waals surface area contributed by atoms with Crippen molar-refractivity contribution in [3.63, 3.8) is 0 Å². The number of benzene rings is 1. The Morgan fingerprint density at radius 2 is 1.89 bits per heavy atom. The van der Waals surface area contributed by atoms with Crippen LogP contribution >= 0.6 is 0 Å². The minimum absolute atomic E-state index is 0.430. The summed E-state index contributed by atoms with van der Waals surface area (Å²) in [5.41, 5.74) is 3.48. The van der Waals surface area contributed by atoms with E-state index in [1.54, 1.807) is 0 Å². The molecule has 3 heteroatoms. The summed E-state index contributed by atoms with van der Waals surface area (Å²) in [5.74, 6) is -0.736. The Kier molecular flexibility index (Phi) is 5.35. The highest BCUT2D eigenvalue weighted by atomic mass is 16.4. The lowest BCUT2D eigenvalue weighted by Crippen LogP contribution is -2.42. The lowest BCUT2D eigenvalue weighted by Gasteiger charge is -2.26. The highest BCUT2D eigenvalue weighted by Crippen LogP contribution is 2.15. The maximum atomic E-state index is 11.4. The first kappa shape index (κ1) is 14.7. The fourth-order valence-corrected chi connectivity index (χ4v) is 2.27. The van der Waals surface area contributed by atoms with Crippen LogP contribution in [0.3, 0.4) is 0 Å². The van der Waals surface area contributed by atoms with Crippen LogP contribution in [0.25, 0.3) is 0 Å². The predicted molar refractivity (Wildman–Crippen MR) is 74.0 cm³/mol. The maximum Gasteiger partial charge on any atom is 0.321 e. The van der Waals surface area contributed by atoms with Crippen molar-refractivity contribution >= 4 is 5.97 Å². The highest BCUT2D eigenvalue weighted by Gasteiger charge is 2.24. The number of aryl methyl sites for hydroxylation is 2. The lowest BCUT2D eigenvalue weighted by molar-refractivity contribution is -0.143. The summed E-state index contributed by atoms with van der Waals surface area (Å²) in [5, 5.41) is 9.39. The number of hydrogen-bond donors (Lipinski definition) is 1. The second-order valence-electron chi connectivity index (χ2n) is 4.71. The quantitative estimate of drug-likeness (QED) is 0.842. The summed E-state index contributed by atoms with van der Waals surface area (Å²) in [4.78, 5) is 13.4. The van der Waals surface area contributed by atoms with Crippen molar-refractivity contribution < 1.29 is 9.90 Å². The van der Waals surface area contributed by atoms with Crippen LogP contribution in [-0.4, -0.2) is 35.1 Å². The summed E-state index contributed by atoms with van der Waals surface area (Å²) < 4.78 is 0. The number of carbonyl (C=O) groups is 1. The molecule has 1 aromatic carbocycles. The van der Waals surface area contributed by atoms with Crippen molar-refractivity contribution in [2.75, 3.05) is 13.1 Å². The fourth-order valence-electron chi connectivity index (χ4n) is 2.27. The highest BCUT2D eigenvalue weighted by molar-refractivity contribution is 5.74. The standard InChI is InChI=1S/C15H23NO2/c1-5-16(6-2)14(15(17)18)10-13-9-11(3)7-8-12(13)4/h7-9,14H,5-6,10H2,1-4H3,(H,17,18)/t14-/m1/s1. The second kappa shape index (κ2) is 6.55. The first-order valence-corrected chi connectivity index (χ1v) is 6.52. The van der Waals surface area contributed by atoms with E-state index in [1.807, 2.05) is 32.6 Å². The molecule has 0 saturated heterocycles. The molecule has 0 spiro atoms. The minimum atomic E-state index is -0.736. The molecule has 0 saturated carbocycles. The number of carboxylic acid groups (broad SMARTS) is 1. The van der Waals surface area contributed by atoms with Gasteiger partial charge in [-0.2, -0.15) is 0 Å². The molecule has 100 valence electrons. The average Bonchev–Trinajstić information content (AvgIpc) is 2.33. The van der Waals surface area contributed by atoms with Gasteiger partial charge in [0, 0.05) is 0 Å². The van der Waals surface area contributed by atoms with Crippen LogP contribution in [0, 0.1) is 13.8 Å². The Bertz CT molecular complexity index is 411. The van der Waals surface area contributed by atoms with E-state index in [0.29, 0.717) is 6.42 Å². The topological polar surface area (TPSA) is 40.5 Å². The normalized spacial score (nSPS) is 12.7. The molecule has 0 aliphatic carbocycles. The zero-order chi connectivity index (χ0) is 13.7. The Balaban J connectivity index is 2.96. The smallest absolute Gasteiger partial charge is 0.321 e. The molecular weight excluding hydrogens is 226 g/mol. The molecule has 0 fully saturated rings. The summed E-state index contributed by atoms with van der Waals surface area (Å²) in [7, 11) is 0. The molecule has 1 N–H and O–H groups in total. The van der Waals surface area contributed by atoms with Crippen LogP contribution in [0.5, 0.6) is 0 Å². The molecule has 0 aliphatic heterocycles. The molecule has 0 unspecified atom stereocenters. The lowest BCUT2D eigenvalue weighted by atomic mass is 9.98. The van der Waals surface area contributed by atoms with Gasteiger partial charge in [-0.3, -0.25) is 9.69 Å². The SMILES string of the molecule is CCN(CC)[C@H](Cc1cc(C)ccc1C)C(=O)O. The van der Waals surface area contributed by atoms with Gasteiger partial charge >= 0.3 is 5.97 Å². The second-order valence-corrected chi connectivity index (χ2v) is 4.71. The van der Waals surface area contributed by atoms with Crippen molar-refractivity contribution in [1.29, 1.82) is 0 Å². The zero-order valence-electron chi connectivity index (χ0n) is 11.7. The van der Waals surface area contributed by atoms with Gasteiger partial charge in [0.2, 0.25) is 0 Å². The Morgan fingerprint density at radius 3 is 2.39 bits per heavy atom. The van der Waals surface area contributed by atoms with Gasteiger partial charge < -0.3 is 5.11 Å². The Hall–Kier alpha value is -1.35. The average molecular weight is 249 g/mol. The van der Waals surface area contributed by atoms with E-state index in [0.717, 1.165) is 18.7 Å². The van der Waals surface area contributed by atoms with Gasteiger partial charge in [-0.25, -0.2) is 0 Å². The summed E-state index contributed by atoms with van der Waals surface area (Å²) in [6, 6.07) is 5.78. The van der Waals surface area contributed by atoms with Gasteiger partial charge in [-0.05, 0) is 44.5 Å². The first-order valence-electron chi connectivity index (χ1n) is 6.52. The number of likely N-dealkylation sites (N-methyl/N-ethyl adjacent to an activating group) is 1. The van der Waals surface area contributed by atoms with Gasteiger partial charge in [0.05, 0.1) is 0 Å². The zero-order valence-corrected chi connectivity index (χ0v) is 11.7. The predicted octanol–water partition coefficient (Wildman–Crippen LogP) is 2.64. The van der Waals surface area contributed by atoms with E-state index in [1.165, 1.54) is 11.1 Å². The third kappa shape index (κ3) is 3.57. The summed E-state index contributed by atoms with van der Waals surface area (Å²) in [6.07, 6.45) is 0.574. The Labute approximate surface area is 109 Å². The molecule has 0 bridgehead atoms. The maximum absolute atomic E-state index is 11.4. The van der Waals surface area contributed by atoms with Crippen LogP contribution in [0.2, 0.25) is 0 Å². The molecule has 0 radical (unpaired) electrons. The summed E-state index contributed by atoms with van der Waals surface area (Å²) in [6.45, 7) is 9.60. The van der Waals surface area contributed by atoms with Gasteiger partial charge in [0.1, 0.15) is 6.04 Å². The van der Waals surface area contributed by atoms with E-state index in [2.05, 4.69) is 18.2 Å². The first-order chi connectivity index (χ1) is 8.49. The molecule has 1 aromatic rings. The number of aliphatic carboxylic acids is 1. The minimum Gasteiger partial charge on any atom is -0.480 e. The van der Waals surface area contributed by atoms with E-state index in [-0.39, 0.29) is 0 Å². The van der Waals surface area contributed by atoms with Crippen LogP contribution in [-0.2, 0) is 11.2 Å². The molecule has 1 rings (SSSR count). The third-order valence-electron chi connectivity index (χ3n) is 3.46. The molecule has 18 heavy (non-hydrogen) atoms. The van der Waals surface area contributed by atoms with Crippen LogP contribution in [0.15, 0.2) is 18.2 Å². The van der Waals surface area contributed by atoms with Crippen LogP contribution < -0.4 is 0 Å². The van der Waals surface area contributed by atoms with Gasteiger partial charge in [-0.1, -0.05) is 37.6 Å². The number of carboxylic acids is 1. The Morgan fingerprint density at radius 1 is 1.28 bits per heavy atom. The molecule has 0 amide bonds. The number of rotatable bonds is 6. The van der Waals surface area contributed by atoms with Gasteiger partial charge in [0.15, 0.2) is 0 Å². The van der Waals surface area contributed by atoms with Gasteiger partial charge in [-0.15, -0.1) is 0 Å². The van der Waals surface area contributed by atoms with Crippen LogP contribution in [0.4, 0.5) is 0 Å². The van der Waals surface area contributed by atoms with Crippen molar-refractivity contribution in [1.82, 2.24) is 4.90 Å². The fraction of sp³-hybridized carbons (Fsp3) is 0.533. The van der Waals surface area contributed by atoms with E-state index < -0.39 is 12.0 Å². The van der Waals surface area contributed by atoms with Gasteiger partial charge in [0.25, 0.3) is 0 Å².